The van der Waals surface area contributed by atoms with E-state index in [4.69, 9.17) is 0 Å². The molecule has 0 aliphatic carbocycles. The fourth-order valence-corrected chi connectivity index (χ4v) is 2.28. The van der Waals surface area contributed by atoms with Crippen molar-refractivity contribution in [3.63, 3.8) is 0 Å². The number of benzene rings is 1. The predicted octanol–water partition coefficient (Wildman–Crippen LogP) is 3.28. The Labute approximate surface area is 144 Å². The first kappa shape index (κ1) is 17.9. The van der Waals surface area contributed by atoms with Crippen LogP contribution in [0.2, 0.25) is 0 Å². The van der Waals surface area contributed by atoms with Crippen LogP contribution in [0.1, 0.15) is 43.7 Å². The maximum atomic E-state index is 12.0. The Hall–Kier alpha value is -2.43. The normalized spacial score (nSPS) is 10.9. The lowest BCUT2D eigenvalue weighted by Crippen LogP contribution is -2.32. The number of amides is 1. The summed E-state index contributed by atoms with van der Waals surface area (Å²) in [5.74, 6) is 1.000. The van der Waals surface area contributed by atoms with Gasteiger partial charge in [0.2, 0.25) is 0 Å². The van der Waals surface area contributed by atoms with E-state index in [0.717, 1.165) is 12.4 Å². The minimum absolute atomic E-state index is 0.179. The van der Waals surface area contributed by atoms with Gasteiger partial charge in [-0.2, -0.15) is 0 Å². The molecular weight excluding hydrogens is 300 g/mol. The zero-order valence-electron chi connectivity index (χ0n) is 14.9. The first-order chi connectivity index (χ1) is 11.5. The van der Waals surface area contributed by atoms with Crippen LogP contribution in [0, 0.1) is 5.92 Å². The van der Waals surface area contributed by atoms with Crippen LogP contribution in [0.3, 0.4) is 0 Å². The predicted molar refractivity (Wildman–Crippen MR) is 97.0 cm³/mol. The fraction of sp³-hybridized carbons (Fsp3) is 0.421. The molecule has 1 N–H and O–H groups in total. The molecule has 0 saturated heterocycles. The van der Waals surface area contributed by atoms with Crippen molar-refractivity contribution in [3.05, 3.63) is 54.0 Å². The number of rotatable bonds is 7. The highest BCUT2D eigenvalue weighted by Crippen LogP contribution is 2.16. The second kappa shape index (κ2) is 8.43. The van der Waals surface area contributed by atoms with Gasteiger partial charge in [-0.1, -0.05) is 44.2 Å². The number of aromatic nitrogens is 2. The zero-order valence-corrected chi connectivity index (χ0v) is 14.9. The lowest BCUT2D eigenvalue weighted by Gasteiger charge is -2.27. The van der Waals surface area contributed by atoms with Gasteiger partial charge in [-0.3, -0.25) is 4.79 Å². The summed E-state index contributed by atoms with van der Waals surface area (Å²) in [5.41, 5.74) is 1.56. The molecule has 128 valence electrons. The van der Waals surface area contributed by atoms with Gasteiger partial charge in [0, 0.05) is 19.1 Å². The van der Waals surface area contributed by atoms with E-state index in [1.165, 1.54) is 5.56 Å². The van der Waals surface area contributed by atoms with Crippen LogP contribution < -0.4 is 10.2 Å². The van der Waals surface area contributed by atoms with Gasteiger partial charge >= 0.3 is 0 Å². The molecule has 0 bridgehead atoms. The van der Waals surface area contributed by atoms with Gasteiger partial charge in [0.25, 0.3) is 5.91 Å². The molecule has 0 spiro atoms. The Morgan fingerprint density at radius 2 is 1.79 bits per heavy atom. The summed E-state index contributed by atoms with van der Waals surface area (Å²) in [6.07, 6.45) is 3.22. The number of hydrogen-bond acceptors (Lipinski definition) is 4. The van der Waals surface area contributed by atoms with Crippen LogP contribution in [-0.4, -0.2) is 28.5 Å². The van der Waals surface area contributed by atoms with Gasteiger partial charge < -0.3 is 10.2 Å². The van der Waals surface area contributed by atoms with E-state index in [9.17, 15) is 4.79 Å². The average molecular weight is 326 g/mol. The highest BCUT2D eigenvalue weighted by atomic mass is 16.1. The molecule has 0 aliphatic heterocycles. The molecule has 2 rings (SSSR count). The minimum atomic E-state index is -0.179. The van der Waals surface area contributed by atoms with Crippen molar-refractivity contribution in [1.82, 2.24) is 15.3 Å². The van der Waals surface area contributed by atoms with E-state index in [1.807, 2.05) is 18.2 Å². The second-order valence-electron chi connectivity index (χ2n) is 6.57. The molecule has 0 unspecified atom stereocenters. The molecule has 1 aromatic carbocycles. The Morgan fingerprint density at radius 3 is 2.33 bits per heavy atom. The van der Waals surface area contributed by atoms with Crippen molar-refractivity contribution in [2.45, 2.75) is 40.3 Å². The van der Waals surface area contributed by atoms with Crippen molar-refractivity contribution in [2.75, 3.05) is 11.4 Å². The second-order valence-corrected chi connectivity index (χ2v) is 6.57. The maximum absolute atomic E-state index is 12.0. The molecule has 0 fully saturated rings. The first-order valence-corrected chi connectivity index (χ1v) is 8.38. The van der Waals surface area contributed by atoms with Crippen molar-refractivity contribution >= 4 is 11.7 Å². The molecule has 2 aromatic rings. The fourth-order valence-electron chi connectivity index (χ4n) is 2.28. The Balaban J connectivity index is 2.10. The van der Waals surface area contributed by atoms with Crippen molar-refractivity contribution in [3.8, 4) is 0 Å². The van der Waals surface area contributed by atoms with Gasteiger partial charge in [-0.25, -0.2) is 9.97 Å². The topological polar surface area (TPSA) is 58.1 Å². The summed E-state index contributed by atoms with van der Waals surface area (Å²) in [7, 11) is 0. The molecule has 1 heterocycles. The summed E-state index contributed by atoms with van der Waals surface area (Å²) in [6.45, 7) is 9.74. The number of carbonyl (C=O) groups excluding carboxylic acids is 1. The van der Waals surface area contributed by atoms with E-state index < -0.39 is 0 Å². The number of nitrogens with zero attached hydrogens (tertiary/aromatic N) is 3. The van der Waals surface area contributed by atoms with E-state index in [2.05, 4.69) is 60.0 Å². The Morgan fingerprint density at radius 1 is 1.08 bits per heavy atom. The highest BCUT2D eigenvalue weighted by Gasteiger charge is 2.15. The van der Waals surface area contributed by atoms with Gasteiger partial charge in [0.15, 0.2) is 0 Å². The standard InChI is InChI=1S/C19H26N4O/c1-14(2)10-22-19(24)17-11-21-18(12-20-17)23(15(3)4)13-16-8-6-5-7-9-16/h5-9,11-12,14-15H,10,13H2,1-4H3,(H,22,24). The van der Waals surface area contributed by atoms with Crippen LogP contribution in [-0.2, 0) is 6.54 Å². The SMILES string of the molecule is CC(C)CNC(=O)c1cnc(N(Cc2ccccc2)C(C)C)cn1. The number of anilines is 1. The van der Waals surface area contributed by atoms with E-state index in [0.29, 0.717) is 18.2 Å². The summed E-state index contributed by atoms with van der Waals surface area (Å²) >= 11 is 0. The molecule has 24 heavy (non-hydrogen) atoms. The van der Waals surface area contributed by atoms with Crippen molar-refractivity contribution in [2.24, 2.45) is 5.92 Å². The van der Waals surface area contributed by atoms with E-state index >= 15 is 0 Å². The van der Waals surface area contributed by atoms with Crippen LogP contribution in [0.25, 0.3) is 0 Å². The monoisotopic (exact) mass is 326 g/mol. The van der Waals surface area contributed by atoms with Gasteiger partial charge in [0.1, 0.15) is 11.5 Å². The molecule has 5 nitrogen and oxygen atoms in total. The molecule has 5 heteroatoms. The first-order valence-electron chi connectivity index (χ1n) is 8.38. The van der Waals surface area contributed by atoms with Crippen LogP contribution in [0.5, 0.6) is 0 Å². The Bertz CT molecular complexity index is 638. The molecular formula is C19H26N4O. The summed E-state index contributed by atoms with van der Waals surface area (Å²) in [4.78, 5) is 22.9. The van der Waals surface area contributed by atoms with Crippen molar-refractivity contribution in [1.29, 1.82) is 0 Å². The van der Waals surface area contributed by atoms with Gasteiger partial charge in [-0.15, -0.1) is 0 Å². The lowest BCUT2D eigenvalue weighted by atomic mass is 10.2. The lowest BCUT2D eigenvalue weighted by molar-refractivity contribution is 0.0943. The highest BCUT2D eigenvalue weighted by molar-refractivity contribution is 5.92. The summed E-state index contributed by atoms with van der Waals surface area (Å²) in [5, 5.41) is 2.85. The van der Waals surface area contributed by atoms with Crippen LogP contribution in [0.4, 0.5) is 5.82 Å². The molecule has 0 saturated carbocycles. The molecule has 1 amide bonds. The van der Waals surface area contributed by atoms with E-state index in [-0.39, 0.29) is 11.9 Å². The third kappa shape index (κ3) is 5.05. The number of hydrogen-bond donors (Lipinski definition) is 1. The average Bonchev–Trinajstić information content (AvgIpc) is 2.58. The van der Waals surface area contributed by atoms with Crippen LogP contribution >= 0.6 is 0 Å². The van der Waals surface area contributed by atoms with Crippen LogP contribution in [0.15, 0.2) is 42.7 Å². The quantitative estimate of drug-likeness (QED) is 0.848. The third-order valence-corrected chi connectivity index (χ3v) is 3.66. The summed E-state index contributed by atoms with van der Waals surface area (Å²) in [6, 6.07) is 10.5. The molecule has 1 aromatic heterocycles. The minimum Gasteiger partial charge on any atom is -0.350 e. The van der Waals surface area contributed by atoms with Crippen molar-refractivity contribution < 1.29 is 4.79 Å². The Kier molecular flexibility index (Phi) is 6.29. The van der Waals surface area contributed by atoms with E-state index in [1.54, 1.807) is 12.4 Å². The number of nitrogens with one attached hydrogen (secondary N) is 1. The summed E-state index contributed by atoms with van der Waals surface area (Å²) < 4.78 is 0. The third-order valence-electron chi connectivity index (χ3n) is 3.66. The largest absolute Gasteiger partial charge is 0.350 e. The smallest absolute Gasteiger partial charge is 0.271 e. The zero-order chi connectivity index (χ0) is 17.5. The van der Waals surface area contributed by atoms with Gasteiger partial charge in [0.05, 0.1) is 12.4 Å². The van der Waals surface area contributed by atoms with Gasteiger partial charge in [-0.05, 0) is 25.3 Å². The number of carbonyl (C=O) groups is 1. The molecule has 0 aliphatic rings. The maximum Gasteiger partial charge on any atom is 0.271 e. The molecule has 0 radical (unpaired) electrons. The molecule has 0 atom stereocenters.